The minimum atomic E-state index is -0.466. The molecule has 1 aromatic heterocycles. The Morgan fingerprint density at radius 3 is 2.58 bits per heavy atom. The molecule has 0 saturated carbocycles. The molecule has 1 aromatic rings. The third kappa shape index (κ3) is 3.19. The van der Waals surface area contributed by atoms with Gasteiger partial charge in [-0.3, -0.25) is 0 Å². The van der Waals surface area contributed by atoms with E-state index in [1.165, 1.54) is 0 Å². The number of nitrogens with two attached hydrogens (primary N) is 1. The Kier molecular flexibility index (Phi) is 4.66. The molecule has 0 radical (unpaired) electrons. The zero-order chi connectivity index (χ0) is 13.7. The van der Waals surface area contributed by atoms with E-state index >= 15 is 0 Å². The van der Waals surface area contributed by atoms with Crippen molar-refractivity contribution in [2.45, 2.75) is 45.1 Å². The third-order valence-electron chi connectivity index (χ3n) is 3.30. The van der Waals surface area contributed by atoms with Gasteiger partial charge in [0.05, 0.1) is 0 Å². The van der Waals surface area contributed by atoms with Crippen LogP contribution in [0, 0.1) is 0 Å². The summed E-state index contributed by atoms with van der Waals surface area (Å²) in [6, 6.07) is 0. The maximum absolute atomic E-state index is 5.96. The SMILES string of the molecule is CCCc1nc(N)nc(C2(OCC)CCOCC2)n1. The van der Waals surface area contributed by atoms with Crippen molar-refractivity contribution in [3.8, 4) is 0 Å². The molecule has 0 amide bonds. The fraction of sp³-hybridized carbons (Fsp3) is 0.769. The van der Waals surface area contributed by atoms with E-state index in [9.17, 15) is 0 Å². The first-order chi connectivity index (χ1) is 9.20. The van der Waals surface area contributed by atoms with E-state index in [4.69, 9.17) is 15.2 Å². The first kappa shape index (κ1) is 14.1. The number of hydrogen-bond donors (Lipinski definition) is 1. The molecule has 0 unspecified atom stereocenters. The minimum absolute atomic E-state index is 0.277. The van der Waals surface area contributed by atoms with Gasteiger partial charge in [0.15, 0.2) is 5.82 Å². The lowest BCUT2D eigenvalue weighted by atomic mass is 9.93. The molecule has 0 atom stereocenters. The van der Waals surface area contributed by atoms with Crippen LogP contribution in [0.5, 0.6) is 0 Å². The highest BCUT2D eigenvalue weighted by molar-refractivity contribution is 5.19. The van der Waals surface area contributed by atoms with E-state index in [0.717, 1.165) is 31.5 Å². The largest absolute Gasteiger partial charge is 0.381 e. The lowest BCUT2D eigenvalue weighted by Gasteiger charge is -2.35. The first-order valence-electron chi connectivity index (χ1n) is 6.93. The van der Waals surface area contributed by atoms with Crippen molar-refractivity contribution < 1.29 is 9.47 Å². The molecule has 0 aliphatic carbocycles. The number of hydrogen-bond acceptors (Lipinski definition) is 6. The normalized spacial score (nSPS) is 18.4. The Balaban J connectivity index is 2.34. The molecule has 1 saturated heterocycles. The highest BCUT2D eigenvalue weighted by Crippen LogP contribution is 2.34. The second kappa shape index (κ2) is 6.25. The molecular weight excluding hydrogens is 244 g/mol. The van der Waals surface area contributed by atoms with Gasteiger partial charge in [-0.1, -0.05) is 6.92 Å². The van der Waals surface area contributed by atoms with Crippen molar-refractivity contribution in [1.29, 1.82) is 0 Å². The van der Waals surface area contributed by atoms with Crippen LogP contribution in [0.15, 0.2) is 0 Å². The summed E-state index contributed by atoms with van der Waals surface area (Å²) in [7, 11) is 0. The Bertz CT molecular complexity index is 414. The summed E-state index contributed by atoms with van der Waals surface area (Å²) in [6.07, 6.45) is 3.30. The predicted molar refractivity (Wildman–Crippen MR) is 71.6 cm³/mol. The molecule has 0 spiro atoms. The molecule has 19 heavy (non-hydrogen) atoms. The van der Waals surface area contributed by atoms with Gasteiger partial charge >= 0.3 is 0 Å². The van der Waals surface area contributed by atoms with E-state index < -0.39 is 5.60 Å². The van der Waals surface area contributed by atoms with Gasteiger partial charge in [-0.2, -0.15) is 9.97 Å². The van der Waals surface area contributed by atoms with E-state index in [1.54, 1.807) is 0 Å². The summed E-state index contributed by atoms with van der Waals surface area (Å²) in [5.41, 5.74) is 5.34. The summed E-state index contributed by atoms with van der Waals surface area (Å²) < 4.78 is 11.4. The van der Waals surface area contributed by atoms with E-state index in [1.807, 2.05) is 6.92 Å². The quantitative estimate of drug-likeness (QED) is 0.868. The van der Waals surface area contributed by atoms with Crippen molar-refractivity contribution in [3.05, 3.63) is 11.6 Å². The van der Waals surface area contributed by atoms with Crippen LogP contribution in [0.4, 0.5) is 5.95 Å². The summed E-state index contributed by atoms with van der Waals surface area (Å²) in [5.74, 6) is 1.68. The van der Waals surface area contributed by atoms with Crippen LogP contribution in [0.2, 0.25) is 0 Å². The Labute approximate surface area is 113 Å². The molecular formula is C13H22N4O2. The van der Waals surface area contributed by atoms with Crippen LogP contribution in [-0.4, -0.2) is 34.8 Å². The van der Waals surface area contributed by atoms with Crippen LogP contribution in [0.3, 0.4) is 0 Å². The van der Waals surface area contributed by atoms with Gasteiger partial charge in [-0.15, -0.1) is 0 Å². The van der Waals surface area contributed by atoms with E-state index in [-0.39, 0.29) is 5.95 Å². The first-order valence-corrected chi connectivity index (χ1v) is 6.93. The standard InChI is InChI=1S/C13H22N4O2/c1-3-5-10-15-11(17-12(14)16-10)13(19-4-2)6-8-18-9-7-13/h3-9H2,1-2H3,(H2,14,15,16,17). The topological polar surface area (TPSA) is 83.2 Å². The number of ether oxygens (including phenoxy) is 2. The van der Waals surface area contributed by atoms with Crippen molar-refractivity contribution >= 4 is 5.95 Å². The number of nitrogens with zero attached hydrogens (tertiary/aromatic N) is 3. The van der Waals surface area contributed by atoms with Crippen LogP contribution in [-0.2, 0) is 21.5 Å². The van der Waals surface area contributed by atoms with E-state index in [2.05, 4.69) is 21.9 Å². The monoisotopic (exact) mass is 266 g/mol. The maximum Gasteiger partial charge on any atom is 0.223 e. The van der Waals surface area contributed by atoms with Crippen molar-refractivity contribution in [2.75, 3.05) is 25.6 Å². The smallest absolute Gasteiger partial charge is 0.223 e. The molecule has 0 bridgehead atoms. The lowest BCUT2D eigenvalue weighted by molar-refractivity contribution is -0.118. The van der Waals surface area contributed by atoms with Crippen LogP contribution < -0.4 is 5.73 Å². The molecule has 2 heterocycles. The summed E-state index contributed by atoms with van der Waals surface area (Å²) in [5, 5.41) is 0. The molecule has 2 rings (SSSR count). The number of aryl methyl sites for hydroxylation is 1. The molecule has 0 aromatic carbocycles. The van der Waals surface area contributed by atoms with Gasteiger partial charge < -0.3 is 15.2 Å². The second-order valence-corrected chi connectivity index (χ2v) is 4.72. The van der Waals surface area contributed by atoms with Crippen molar-refractivity contribution in [1.82, 2.24) is 15.0 Å². The fourth-order valence-corrected chi connectivity index (χ4v) is 2.39. The van der Waals surface area contributed by atoms with Gasteiger partial charge in [-0.25, -0.2) is 4.98 Å². The summed E-state index contributed by atoms with van der Waals surface area (Å²) >= 11 is 0. The lowest BCUT2D eigenvalue weighted by Crippen LogP contribution is -2.39. The van der Waals surface area contributed by atoms with Crippen molar-refractivity contribution in [3.63, 3.8) is 0 Å². The average Bonchev–Trinajstić information content (AvgIpc) is 2.40. The molecule has 1 fully saturated rings. The second-order valence-electron chi connectivity index (χ2n) is 4.72. The Hall–Kier alpha value is -1.27. The van der Waals surface area contributed by atoms with Gasteiger partial charge in [-0.05, 0) is 13.3 Å². The molecule has 1 aliphatic heterocycles. The Morgan fingerprint density at radius 2 is 1.95 bits per heavy atom. The zero-order valence-corrected chi connectivity index (χ0v) is 11.7. The highest BCUT2D eigenvalue weighted by atomic mass is 16.5. The number of rotatable bonds is 5. The van der Waals surface area contributed by atoms with Crippen LogP contribution >= 0.6 is 0 Å². The molecule has 1 aliphatic rings. The summed E-state index contributed by atoms with van der Waals surface area (Å²) in [6.45, 7) is 6.01. The predicted octanol–water partition coefficient (Wildman–Crippen LogP) is 1.45. The molecule has 2 N–H and O–H groups in total. The number of nitrogen functional groups attached to an aromatic ring is 1. The van der Waals surface area contributed by atoms with Crippen LogP contribution in [0.25, 0.3) is 0 Å². The van der Waals surface area contributed by atoms with E-state index in [0.29, 0.717) is 25.6 Å². The maximum atomic E-state index is 5.96. The number of aromatic nitrogens is 3. The summed E-state index contributed by atoms with van der Waals surface area (Å²) in [4.78, 5) is 13.0. The Morgan fingerprint density at radius 1 is 1.21 bits per heavy atom. The van der Waals surface area contributed by atoms with Crippen LogP contribution in [0.1, 0.15) is 44.8 Å². The van der Waals surface area contributed by atoms with Gasteiger partial charge in [0.2, 0.25) is 5.95 Å². The molecule has 6 nitrogen and oxygen atoms in total. The van der Waals surface area contributed by atoms with Gasteiger partial charge in [0.25, 0.3) is 0 Å². The minimum Gasteiger partial charge on any atom is -0.381 e. The fourth-order valence-electron chi connectivity index (χ4n) is 2.39. The third-order valence-corrected chi connectivity index (χ3v) is 3.30. The molecule has 106 valence electrons. The average molecular weight is 266 g/mol. The molecule has 6 heteroatoms. The van der Waals surface area contributed by atoms with Gasteiger partial charge in [0, 0.05) is 39.1 Å². The van der Waals surface area contributed by atoms with Gasteiger partial charge in [0.1, 0.15) is 11.4 Å². The zero-order valence-electron chi connectivity index (χ0n) is 11.7. The number of anilines is 1. The highest BCUT2D eigenvalue weighted by Gasteiger charge is 2.38. The van der Waals surface area contributed by atoms with Crippen molar-refractivity contribution in [2.24, 2.45) is 0 Å².